The Balaban J connectivity index is 0.000000137. The summed E-state index contributed by atoms with van der Waals surface area (Å²) in [5.74, 6) is 0. The van der Waals surface area contributed by atoms with Crippen molar-refractivity contribution in [2.75, 3.05) is 0 Å². The van der Waals surface area contributed by atoms with E-state index in [1.807, 2.05) is 48.5 Å². The molecular weight excluding hydrogens is 1540 g/mol. The summed E-state index contributed by atoms with van der Waals surface area (Å²) in [6.07, 6.45) is 3.25. The first kappa shape index (κ1) is 71.8. The molecule has 0 amide bonds. The number of nitrogens with zero attached hydrogens (tertiary/aromatic N) is 8. The molecule has 0 radical (unpaired) electrons. The van der Waals surface area contributed by atoms with Gasteiger partial charge in [-0.05, 0) is 231 Å². The van der Waals surface area contributed by atoms with Crippen molar-refractivity contribution in [2.45, 2.75) is 0 Å². The molecular formula is C116H72N8O2. The van der Waals surface area contributed by atoms with Crippen LogP contribution in [0.5, 0.6) is 0 Å². The van der Waals surface area contributed by atoms with Crippen molar-refractivity contribution < 1.29 is 8.83 Å². The molecule has 0 fully saturated rings. The average Bonchev–Trinajstić information content (AvgIpc) is 1.59. The molecule has 0 saturated carbocycles. The zero-order valence-electron chi connectivity index (χ0n) is 68.0. The van der Waals surface area contributed by atoms with Crippen LogP contribution in [0.25, 0.3) is 243 Å². The summed E-state index contributed by atoms with van der Waals surface area (Å²) in [6, 6.07) is 152. The lowest BCUT2D eigenvalue weighted by Crippen LogP contribution is -1.94. The topological polar surface area (TPSA) is 97.6 Å². The van der Waals surface area contributed by atoms with E-state index in [-0.39, 0.29) is 0 Å². The highest BCUT2D eigenvalue weighted by molar-refractivity contribution is 6.16. The van der Waals surface area contributed by atoms with Crippen LogP contribution < -0.4 is 0 Å². The Bertz CT molecular complexity index is 8870. The van der Waals surface area contributed by atoms with E-state index in [9.17, 15) is 0 Å². The summed E-state index contributed by atoms with van der Waals surface area (Å²) in [5.41, 5.74) is 36.3. The van der Waals surface area contributed by atoms with E-state index in [4.69, 9.17) is 13.8 Å². The van der Waals surface area contributed by atoms with Crippen LogP contribution in [0.3, 0.4) is 0 Å². The Morgan fingerprint density at radius 1 is 0.159 bits per heavy atom. The SMILES string of the molecule is c1ccc(-n2c3ccccc3c3cc(-c4ccc5c(c4)c4ccccc4n5-c4cccc(-c5cccc(-c6ccc(-c7ncnc8c7oc7ccccc78)cc6)c5)c4)ccc32)cc1.c1ccc(-n2c3ccccc3c3cc(-c4ccc5c(c4)c4ccccc4n5-c4cccc(-c5cccc(-c6cccc(-c7ncnc8c7oc7ccccc78)c6)c5)c4)ccc32)cc1. The van der Waals surface area contributed by atoms with Gasteiger partial charge in [0.05, 0.1) is 44.1 Å². The molecule has 0 bridgehead atoms. The first-order chi connectivity index (χ1) is 62.5. The number of benzene rings is 18. The van der Waals surface area contributed by atoms with Gasteiger partial charge in [0.1, 0.15) is 46.2 Å². The van der Waals surface area contributed by atoms with E-state index in [1.165, 1.54) is 115 Å². The second kappa shape index (κ2) is 29.4. The van der Waals surface area contributed by atoms with Crippen LogP contribution in [-0.2, 0) is 0 Å². The lowest BCUT2D eigenvalue weighted by atomic mass is 9.97. The highest BCUT2D eigenvalue weighted by Gasteiger charge is 2.23. The largest absolute Gasteiger partial charge is 0.452 e. The molecule has 10 nitrogen and oxygen atoms in total. The molecule has 26 aromatic rings. The van der Waals surface area contributed by atoms with Gasteiger partial charge < -0.3 is 27.1 Å². The summed E-state index contributed by atoms with van der Waals surface area (Å²) in [5, 5.41) is 11.9. The number of aromatic nitrogens is 8. The normalized spacial score (nSPS) is 11.8. The molecule has 8 heterocycles. The minimum Gasteiger partial charge on any atom is -0.452 e. The number of hydrogen-bond donors (Lipinski definition) is 0. The third kappa shape index (κ3) is 11.9. The standard InChI is InChI=1S/2C58H36N4O/c1-2-18-44(19-3-1)61-51-24-7-4-21-46(51)49-34-41(27-29-53(49)61)42-28-30-54-50(35-42)47-22-5-8-25-52(47)62(54)45-20-12-16-40(33-45)38-14-10-13-37(31-38)39-15-11-17-43(32-39)56-58-57(60-36-59-56)48-23-6-9-26-55(48)63-58;1-2-15-44(16-3-1)61-51-21-7-4-18-46(51)49-34-42(28-30-53(49)61)43-29-31-54-50(35-43)47-19-5-8-22-52(47)62(54)45-17-11-14-41(33-45)40-13-10-12-39(32-40)37-24-26-38(27-25-37)56-58-57(60-36-59-56)48-20-6-9-23-55(48)63-58/h2*1-36H. The van der Waals surface area contributed by atoms with Gasteiger partial charge in [0.2, 0.25) is 0 Å². The van der Waals surface area contributed by atoms with Gasteiger partial charge in [0.25, 0.3) is 0 Å². The second-order valence-electron chi connectivity index (χ2n) is 32.4. The van der Waals surface area contributed by atoms with Gasteiger partial charge in [-0.2, -0.15) is 0 Å². The van der Waals surface area contributed by atoms with E-state index < -0.39 is 0 Å². The molecule has 0 spiro atoms. The molecule has 0 unspecified atom stereocenters. The quantitative estimate of drug-likeness (QED) is 0.121. The average molecular weight is 1610 g/mol. The van der Waals surface area contributed by atoms with Crippen molar-refractivity contribution in [3.63, 3.8) is 0 Å². The number of rotatable bonds is 12. The van der Waals surface area contributed by atoms with Gasteiger partial charge >= 0.3 is 0 Å². The van der Waals surface area contributed by atoms with Gasteiger partial charge in [0, 0.05) is 87.7 Å². The lowest BCUT2D eigenvalue weighted by molar-refractivity contribution is 0.667. The van der Waals surface area contributed by atoms with Gasteiger partial charge in [-0.1, -0.05) is 261 Å². The molecule has 0 aliphatic heterocycles. The molecule has 0 aliphatic carbocycles. The molecule has 26 rings (SSSR count). The van der Waals surface area contributed by atoms with Crippen LogP contribution in [0.2, 0.25) is 0 Å². The summed E-state index contributed by atoms with van der Waals surface area (Å²) >= 11 is 0. The second-order valence-corrected chi connectivity index (χ2v) is 32.4. The Morgan fingerprint density at radius 3 is 0.794 bits per heavy atom. The summed E-state index contributed by atoms with van der Waals surface area (Å²) in [6.45, 7) is 0. The Hall–Kier alpha value is -17.1. The molecule has 0 aliphatic rings. The van der Waals surface area contributed by atoms with Gasteiger partial charge in [-0.15, -0.1) is 0 Å². The first-order valence-corrected chi connectivity index (χ1v) is 42.6. The maximum Gasteiger partial charge on any atom is 0.180 e. The predicted octanol–water partition coefficient (Wildman–Crippen LogP) is 30.5. The smallest absolute Gasteiger partial charge is 0.180 e. The van der Waals surface area contributed by atoms with Crippen molar-refractivity contribution in [1.82, 2.24) is 38.2 Å². The third-order valence-electron chi connectivity index (χ3n) is 25.3. The van der Waals surface area contributed by atoms with Crippen LogP contribution in [0.15, 0.2) is 446 Å². The molecule has 10 heteroatoms. The van der Waals surface area contributed by atoms with Gasteiger partial charge in [0.15, 0.2) is 11.2 Å². The van der Waals surface area contributed by atoms with E-state index in [2.05, 4.69) is 409 Å². The molecule has 18 aromatic carbocycles. The zero-order valence-corrected chi connectivity index (χ0v) is 68.0. The Kier molecular flexibility index (Phi) is 16.7. The van der Waals surface area contributed by atoms with Crippen molar-refractivity contribution in [1.29, 1.82) is 0 Å². The first-order valence-electron chi connectivity index (χ1n) is 42.6. The van der Waals surface area contributed by atoms with Crippen LogP contribution >= 0.6 is 0 Å². The van der Waals surface area contributed by atoms with Crippen molar-refractivity contribution >= 4 is 131 Å². The minimum atomic E-state index is 0.702. The van der Waals surface area contributed by atoms with E-state index in [0.717, 1.165) is 117 Å². The number of fused-ring (bicyclic) bond motifs is 18. The van der Waals surface area contributed by atoms with Crippen LogP contribution in [0, 0.1) is 0 Å². The van der Waals surface area contributed by atoms with E-state index in [0.29, 0.717) is 11.2 Å². The molecule has 0 saturated heterocycles. The fourth-order valence-corrected chi connectivity index (χ4v) is 19.4. The third-order valence-corrected chi connectivity index (χ3v) is 25.3. The highest BCUT2D eigenvalue weighted by atomic mass is 16.3. The molecule has 0 N–H and O–H groups in total. The van der Waals surface area contributed by atoms with Gasteiger partial charge in [-0.3, -0.25) is 0 Å². The predicted molar refractivity (Wildman–Crippen MR) is 519 cm³/mol. The van der Waals surface area contributed by atoms with Crippen LogP contribution in [0.1, 0.15) is 0 Å². The maximum atomic E-state index is 6.29. The summed E-state index contributed by atoms with van der Waals surface area (Å²) < 4.78 is 22.1. The fourth-order valence-electron chi connectivity index (χ4n) is 19.4. The van der Waals surface area contributed by atoms with Crippen molar-refractivity contribution in [2.24, 2.45) is 0 Å². The van der Waals surface area contributed by atoms with Crippen LogP contribution in [-0.4, -0.2) is 38.2 Å². The monoisotopic (exact) mass is 1610 g/mol. The minimum absolute atomic E-state index is 0.702. The molecule has 8 aromatic heterocycles. The van der Waals surface area contributed by atoms with Crippen LogP contribution in [0.4, 0.5) is 0 Å². The highest BCUT2D eigenvalue weighted by Crippen LogP contribution is 2.45. The molecule has 126 heavy (non-hydrogen) atoms. The maximum absolute atomic E-state index is 6.29. The van der Waals surface area contributed by atoms with Crippen molar-refractivity contribution in [3.8, 4) is 112 Å². The number of hydrogen-bond acceptors (Lipinski definition) is 6. The van der Waals surface area contributed by atoms with Crippen molar-refractivity contribution in [3.05, 3.63) is 437 Å². The fraction of sp³-hybridized carbons (Fsp3) is 0. The number of para-hydroxylation sites is 8. The summed E-state index contributed by atoms with van der Waals surface area (Å²) in [7, 11) is 0. The summed E-state index contributed by atoms with van der Waals surface area (Å²) in [4.78, 5) is 18.4. The van der Waals surface area contributed by atoms with E-state index in [1.54, 1.807) is 12.7 Å². The Morgan fingerprint density at radius 2 is 0.413 bits per heavy atom. The van der Waals surface area contributed by atoms with Gasteiger partial charge in [-0.25, -0.2) is 19.9 Å². The molecule has 588 valence electrons. The lowest BCUT2D eigenvalue weighted by Gasteiger charge is -2.12. The Labute approximate surface area is 723 Å². The zero-order chi connectivity index (χ0) is 82.9. The van der Waals surface area contributed by atoms with E-state index >= 15 is 0 Å². The molecule has 0 atom stereocenters. The number of furan rings is 2.